The maximum absolute atomic E-state index is 10.3. The van der Waals surface area contributed by atoms with E-state index in [0.29, 0.717) is 16.3 Å². The second kappa shape index (κ2) is 7.14. The van der Waals surface area contributed by atoms with Crippen molar-refractivity contribution in [2.75, 3.05) is 0 Å². The number of aromatic nitrogens is 1. The molecule has 0 atom stereocenters. The zero-order valence-electron chi connectivity index (χ0n) is 14.3. The molecule has 0 aliphatic rings. The molecule has 0 saturated carbocycles. The summed E-state index contributed by atoms with van der Waals surface area (Å²) < 4.78 is 0. The topological polar surface area (TPSA) is 53.4 Å². The third-order valence-electron chi connectivity index (χ3n) is 4.35. The van der Waals surface area contributed by atoms with Crippen molar-refractivity contribution in [1.29, 1.82) is 0 Å². The molecule has 1 heterocycles. The zero-order valence-corrected chi connectivity index (χ0v) is 15.1. The Balaban J connectivity index is 1.95. The Morgan fingerprint density at radius 1 is 0.630 bits per heavy atom. The number of nitrogens with zero attached hydrogens (tertiary/aromatic N) is 1. The Hall–Kier alpha value is -3.30. The third kappa shape index (κ3) is 3.50. The number of phenols is 2. The van der Waals surface area contributed by atoms with E-state index in [2.05, 4.69) is 0 Å². The zero-order chi connectivity index (χ0) is 18.8. The van der Waals surface area contributed by atoms with Crippen LogP contribution in [0.25, 0.3) is 33.6 Å². The second-order valence-corrected chi connectivity index (χ2v) is 6.58. The number of para-hydroxylation sites is 1. The van der Waals surface area contributed by atoms with E-state index < -0.39 is 0 Å². The number of hydrogen-bond donors (Lipinski definition) is 2. The second-order valence-electron chi connectivity index (χ2n) is 6.17. The lowest BCUT2D eigenvalue weighted by molar-refractivity contribution is 0.475. The summed E-state index contributed by atoms with van der Waals surface area (Å²) in [6.45, 7) is 0. The van der Waals surface area contributed by atoms with E-state index in [9.17, 15) is 10.2 Å². The van der Waals surface area contributed by atoms with E-state index in [-0.39, 0.29) is 11.5 Å². The lowest BCUT2D eigenvalue weighted by Crippen LogP contribution is -1.92. The van der Waals surface area contributed by atoms with Crippen molar-refractivity contribution >= 4 is 11.6 Å². The van der Waals surface area contributed by atoms with Gasteiger partial charge in [0.2, 0.25) is 0 Å². The van der Waals surface area contributed by atoms with Crippen molar-refractivity contribution in [3.63, 3.8) is 0 Å². The average molecular weight is 374 g/mol. The Labute approximate surface area is 162 Å². The van der Waals surface area contributed by atoms with E-state index in [1.165, 1.54) is 0 Å². The van der Waals surface area contributed by atoms with Crippen molar-refractivity contribution in [3.05, 3.63) is 90.0 Å². The number of rotatable bonds is 3. The number of pyridine rings is 1. The van der Waals surface area contributed by atoms with E-state index in [1.807, 2.05) is 60.7 Å². The summed E-state index contributed by atoms with van der Waals surface area (Å²) in [5.41, 5.74) is 4.67. The molecule has 0 amide bonds. The van der Waals surface area contributed by atoms with E-state index in [0.717, 1.165) is 22.4 Å². The normalized spacial score (nSPS) is 10.7. The molecule has 27 heavy (non-hydrogen) atoms. The fourth-order valence-electron chi connectivity index (χ4n) is 2.99. The highest BCUT2D eigenvalue weighted by Gasteiger charge is 2.12. The first-order valence-electron chi connectivity index (χ1n) is 8.46. The highest BCUT2D eigenvalue weighted by Crippen LogP contribution is 2.36. The minimum absolute atomic E-state index is 0.165. The van der Waals surface area contributed by atoms with Crippen LogP contribution in [0.3, 0.4) is 0 Å². The largest absolute Gasteiger partial charge is 0.508 e. The van der Waals surface area contributed by atoms with Crippen LogP contribution in [-0.4, -0.2) is 15.2 Å². The Morgan fingerprint density at radius 3 is 1.96 bits per heavy atom. The van der Waals surface area contributed by atoms with Crippen LogP contribution in [0.2, 0.25) is 5.02 Å². The SMILES string of the molecule is Oc1ccc(-c2cc(-c3ccccc3Cl)cc(-c3ccccc3O)n2)cc1. The van der Waals surface area contributed by atoms with Crippen LogP contribution in [0, 0.1) is 0 Å². The quantitative estimate of drug-likeness (QED) is 0.453. The first-order chi connectivity index (χ1) is 13.1. The summed E-state index contributed by atoms with van der Waals surface area (Å²) in [7, 11) is 0. The fraction of sp³-hybridized carbons (Fsp3) is 0. The monoisotopic (exact) mass is 373 g/mol. The van der Waals surface area contributed by atoms with Gasteiger partial charge in [0.05, 0.1) is 11.4 Å². The summed E-state index contributed by atoms with van der Waals surface area (Å²) >= 11 is 6.40. The summed E-state index contributed by atoms with van der Waals surface area (Å²) in [5, 5.41) is 20.5. The summed E-state index contributed by atoms with van der Waals surface area (Å²) in [5.74, 6) is 0.361. The van der Waals surface area contributed by atoms with Gasteiger partial charge in [-0.15, -0.1) is 0 Å². The molecule has 4 aromatic rings. The van der Waals surface area contributed by atoms with Gasteiger partial charge in [0.25, 0.3) is 0 Å². The highest BCUT2D eigenvalue weighted by atomic mass is 35.5. The number of phenolic OH excluding ortho intramolecular Hbond substituents is 2. The molecule has 0 radical (unpaired) electrons. The molecule has 0 unspecified atom stereocenters. The van der Waals surface area contributed by atoms with Gasteiger partial charge in [-0.3, -0.25) is 0 Å². The molecule has 1 aromatic heterocycles. The Bertz CT molecular complexity index is 1040. The Morgan fingerprint density at radius 2 is 1.26 bits per heavy atom. The Kier molecular flexibility index (Phi) is 4.53. The fourth-order valence-corrected chi connectivity index (χ4v) is 3.23. The van der Waals surface area contributed by atoms with E-state index in [1.54, 1.807) is 24.3 Å². The molecule has 0 aliphatic heterocycles. The van der Waals surface area contributed by atoms with Gasteiger partial charge in [0.15, 0.2) is 0 Å². The molecule has 3 nitrogen and oxygen atoms in total. The maximum atomic E-state index is 10.3. The molecular weight excluding hydrogens is 358 g/mol. The highest BCUT2D eigenvalue weighted by molar-refractivity contribution is 6.33. The van der Waals surface area contributed by atoms with Gasteiger partial charge in [-0.25, -0.2) is 4.98 Å². The summed E-state index contributed by atoms with van der Waals surface area (Å²) in [4.78, 5) is 4.73. The third-order valence-corrected chi connectivity index (χ3v) is 4.68. The molecule has 0 fully saturated rings. The van der Waals surface area contributed by atoms with Crippen molar-refractivity contribution in [2.45, 2.75) is 0 Å². The van der Waals surface area contributed by atoms with Gasteiger partial charge in [0, 0.05) is 21.7 Å². The smallest absolute Gasteiger partial charge is 0.124 e. The molecular formula is C23H16ClNO2. The van der Waals surface area contributed by atoms with Crippen molar-refractivity contribution in [2.24, 2.45) is 0 Å². The molecule has 0 spiro atoms. The predicted octanol–water partition coefficient (Wildman–Crippen LogP) is 6.15. The van der Waals surface area contributed by atoms with Crippen LogP contribution in [0.4, 0.5) is 0 Å². The van der Waals surface area contributed by atoms with Crippen LogP contribution < -0.4 is 0 Å². The van der Waals surface area contributed by atoms with Crippen molar-refractivity contribution in [3.8, 4) is 45.1 Å². The van der Waals surface area contributed by atoms with Gasteiger partial charge in [-0.1, -0.05) is 41.9 Å². The summed E-state index contributed by atoms with van der Waals surface area (Å²) in [6, 6.07) is 25.5. The predicted molar refractivity (Wildman–Crippen MR) is 109 cm³/mol. The average Bonchev–Trinajstić information content (AvgIpc) is 2.69. The van der Waals surface area contributed by atoms with E-state index in [4.69, 9.17) is 16.6 Å². The lowest BCUT2D eigenvalue weighted by Gasteiger charge is -2.12. The molecule has 2 N–H and O–H groups in total. The van der Waals surface area contributed by atoms with Crippen molar-refractivity contribution in [1.82, 2.24) is 4.98 Å². The molecule has 0 saturated heterocycles. The lowest BCUT2D eigenvalue weighted by atomic mass is 9.99. The van der Waals surface area contributed by atoms with E-state index >= 15 is 0 Å². The van der Waals surface area contributed by atoms with Crippen LogP contribution in [0.15, 0.2) is 84.9 Å². The first-order valence-corrected chi connectivity index (χ1v) is 8.84. The molecule has 3 aromatic carbocycles. The minimum Gasteiger partial charge on any atom is -0.508 e. The first kappa shape index (κ1) is 17.1. The molecule has 132 valence electrons. The van der Waals surface area contributed by atoms with Crippen molar-refractivity contribution < 1.29 is 10.2 Å². The van der Waals surface area contributed by atoms with Crippen LogP contribution in [0.5, 0.6) is 11.5 Å². The number of hydrogen-bond acceptors (Lipinski definition) is 3. The molecule has 4 rings (SSSR count). The molecule has 0 bridgehead atoms. The maximum Gasteiger partial charge on any atom is 0.124 e. The van der Waals surface area contributed by atoms with Crippen LogP contribution >= 0.6 is 11.6 Å². The van der Waals surface area contributed by atoms with Gasteiger partial charge < -0.3 is 10.2 Å². The van der Waals surface area contributed by atoms with Gasteiger partial charge in [0.1, 0.15) is 11.5 Å². The van der Waals surface area contributed by atoms with Crippen LogP contribution in [-0.2, 0) is 0 Å². The van der Waals surface area contributed by atoms with Gasteiger partial charge in [-0.2, -0.15) is 0 Å². The minimum atomic E-state index is 0.165. The molecule has 4 heteroatoms. The number of aromatic hydroxyl groups is 2. The molecule has 0 aliphatic carbocycles. The summed E-state index contributed by atoms with van der Waals surface area (Å²) in [6.07, 6.45) is 0. The number of halogens is 1. The van der Waals surface area contributed by atoms with Gasteiger partial charge in [-0.05, 0) is 60.2 Å². The van der Waals surface area contributed by atoms with Gasteiger partial charge >= 0.3 is 0 Å². The van der Waals surface area contributed by atoms with Crippen LogP contribution in [0.1, 0.15) is 0 Å². The number of benzene rings is 3. The standard InChI is InChI=1S/C23H16ClNO2/c24-20-7-3-1-5-18(20)16-13-21(15-9-11-17(26)12-10-15)25-22(14-16)19-6-2-4-8-23(19)27/h1-14,26-27H.